The van der Waals surface area contributed by atoms with Gasteiger partial charge < -0.3 is 14.9 Å². The zero-order valence-corrected chi connectivity index (χ0v) is 41.7. The van der Waals surface area contributed by atoms with Crippen molar-refractivity contribution in [3.63, 3.8) is 0 Å². The second kappa shape index (κ2) is 25.5. The van der Waals surface area contributed by atoms with Crippen molar-refractivity contribution >= 4 is 53.2 Å². The standard InChI is InChI=1S/2C28H27.2CH3.2ClH.Si.Zr/c2*1-4-10-21(11-5-1)18-22-19-27-25(23-12-6-2-7-13-23)16-17-26(28(27)20-22)24-14-8-3-9-15-24;;;;;;/h2*2-3,6-9,12-17,19-21H,1,4-5,10-11,18H2;2*1H3;2*1H;;/q4*-1;;;;. The number of hydrogen-bond acceptors (Lipinski definition) is 0. The molecule has 0 bridgehead atoms. The minimum atomic E-state index is 0. The van der Waals surface area contributed by atoms with Crippen molar-refractivity contribution in [2.24, 2.45) is 11.8 Å². The molecule has 62 heavy (non-hydrogen) atoms. The van der Waals surface area contributed by atoms with Crippen molar-refractivity contribution in [2.75, 3.05) is 0 Å². The first-order valence-electron chi connectivity index (χ1n) is 21.7. The largest absolute Gasteiger partial charge is 0.164 e. The Kier molecular flexibility index (Phi) is 20.9. The predicted octanol–water partition coefficient (Wildman–Crippen LogP) is 17.4. The van der Waals surface area contributed by atoms with Crippen LogP contribution in [-0.4, -0.2) is 6.88 Å². The molecular formula is C58H62Cl2SiZr-4. The molecule has 0 heterocycles. The molecule has 0 aromatic heterocycles. The predicted molar refractivity (Wildman–Crippen MR) is 274 cm³/mol. The molecule has 0 aliphatic heterocycles. The van der Waals surface area contributed by atoms with Crippen LogP contribution in [0.3, 0.4) is 0 Å². The van der Waals surface area contributed by atoms with E-state index in [9.17, 15) is 0 Å². The van der Waals surface area contributed by atoms with Gasteiger partial charge in [0.25, 0.3) is 0 Å². The van der Waals surface area contributed by atoms with Crippen LogP contribution in [0, 0.1) is 26.7 Å². The maximum absolute atomic E-state index is 3.06. The average Bonchev–Trinajstić information content (AvgIpc) is 3.93. The molecule has 0 unspecified atom stereocenters. The van der Waals surface area contributed by atoms with Gasteiger partial charge in [-0.1, -0.05) is 243 Å². The van der Waals surface area contributed by atoms with E-state index in [0.717, 1.165) is 11.8 Å². The third-order valence-electron chi connectivity index (χ3n) is 12.7. The number of benzene rings is 6. The molecule has 8 aromatic rings. The van der Waals surface area contributed by atoms with Crippen molar-refractivity contribution in [3.05, 3.63) is 196 Å². The summed E-state index contributed by atoms with van der Waals surface area (Å²) in [4.78, 5) is 0. The minimum Gasteiger partial charge on any atom is -0.164 e. The fourth-order valence-electron chi connectivity index (χ4n) is 9.88. The Balaban J connectivity index is 0.000000247. The Morgan fingerprint density at radius 2 is 0.661 bits per heavy atom. The first kappa shape index (κ1) is 50.9. The fourth-order valence-corrected chi connectivity index (χ4v) is 9.88. The van der Waals surface area contributed by atoms with Crippen LogP contribution in [-0.2, 0) is 36.2 Å². The van der Waals surface area contributed by atoms with Crippen LogP contribution in [0.25, 0.3) is 66.1 Å². The van der Waals surface area contributed by atoms with E-state index >= 15 is 0 Å². The van der Waals surface area contributed by atoms with Crippen LogP contribution in [0.1, 0.15) is 75.3 Å². The van der Waals surface area contributed by atoms with E-state index in [-0.39, 0.29) is 39.7 Å². The summed E-state index contributed by atoms with van der Waals surface area (Å²) in [5, 5.41) is 5.61. The van der Waals surface area contributed by atoms with Crippen molar-refractivity contribution in [1.29, 1.82) is 0 Å². The van der Waals surface area contributed by atoms with E-state index in [0.29, 0.717) is 0 Å². The van der Waals surface area contributed by atoms with Gasteiger partial charge in [0.1, 0.15) is 0 Å². The van der Waals surface area contributed by atoms with E-state index in [2.05, 4.69) is 177 Å². The summed E-state index contributed by atoms with van der Waals surface area (Å²) in [7, 11) is 0. The molecule has 2 aliphatic carbocycles. The van der Waals surface area contributed by atoms with E-state index in [1.54, 1.807) is 0 Å². The van der Waals surface area contributed by atoms with Crippen molar-refractivity contribution < 1.29 is 23.3 Å². The summed E-state index contributed by atoms with van der Waals surface area (Å²) < 4.78 is 0. The molecule has 0 spiro atoms. The van der Waals surface area contributed by atoms with Gasteiger partial charge in [-0.2, -0.15) is 12.1 Å². The normalized spacial score (nSPS) is 13.7. The second-order valence-electron chi connectivity index (χ2n) is 16.6. The summed E-state index contributed by atoms with van der Waals surface area (Å²) in [6.07, 6.45) is 16.6. The summed E-state index contributed by atoms with van der Waals surface area (Å²) in [5.41, 5.74) is 13.7. The fraction of sp³-hybridized carbons (Fsp3) is 0.241. The number of hydrogen-bond donors (Lipinski definition) is 0. The molecule has 2 radical (unpaired) electrons. The summed E-state index contributed by atoms with van der Waals surface area (Å²) in [6, 6.07) is 62.4. The van der Waals surface area contributed by atoms with E-state index in [4.69, 9.17) is 0 Å². The smallest absolute Gasteiger partial charge is 0.0279 e. The Hall–Kier alpha value is -3.78. The molecule has 2 fully saturated rings. The average molecular weight is 949 g/mol. The molecule has 2 aliphatic rings. The number of fused-ring (bicyclic) bond motifs is 2. The Bertz CT molecular complexity index is 2160. The molecular weight excluding hydrogens is 887 g/mol. The van der Waals surface area contributed by atoms with E-state index < -0.39 is 0 Å². The van der Waals surface area contributed by atoms with Gasteiger partial charge in [-0.05, 0) is 35.8 Å². The van der Waals surface area contributed by atoms with Crippen molar-refractivity contribution in [2.45, 2.75) is 77.0 Å². The first-order valence-corrected chi connectivity index (χ1v) is 25.9. The zero-order valence-electron chi connectivity index (χ0n) is 36.6. The Morgan fingerprint density at radius 1 is 0.387 bits per heavy atom. The minimum absolute atomic E-state index is 0. The third-order valence-corrected chi connectivity index (χ3v) is 12.7. The zero-order chi connectivity index (χ0) is 39.5. The van der Waals surface area contributed by atoms with Crippen LogP contribution >= 0.6 is 24.8 Å². The third kappa shape index (κ3) is 12.3. The van der Waals surface area contributed by atoms with Gasteiger partial charge in [0.05, 0.1) is 0 Å². The van der Waals surface area contributed by atoms with Gasteiger partial charge in [0, 0.05) is 0 Å². The maximum Gasteiger partial charge on any atom is -0.0279 e. The van der Waals surface area contributed by atoms with Gasteiger partial charge in [-0.15, -0.1) is 69.6 Å². The number of halogens is 2. The molecule has 10 rings (SSSR count). The quantitative estimate of drug-likeness (QED) is 0.105. The van der Waals surface area contributed by atoms with Crippen LogP contribution in [0.15, 0.2) is 170 Å². The molecule has 0 N–H and O–H groups in total. The number of rotatable bonds is 8. The van der Waals surface area contributed by atoms with E-state index in [1.807, 2.05) is 0 Å². The summed E-state index contributed by atoms with van der Waals surface area (Å²) in [6.45, 7) is 3.06. The molecule has 8 aromatic carbocycles. The molecule has 0 saturated heterocycles. The van der Waals surface area contributed by atoms with Gasteiger partial charge >= 0.3 is 30.2 Å². The van der Waals surface area contributed by atoms with Gasteiger partial charge in [0.15, 0.2) is 0 Å². The molecule has 0 nitrogen and oxygen atoms in total. The Labute approximate surface area is 402 Å². The van der Waals surface area contributed by atoms with Crippen molar-refractivity contribution in [1.82, 2.24) is 0 Å². The second-order valence-corrected chi connectivity index (χ2v) is 16.6. The molecule has 320 valence electrons. The summed E-state index contributed by atoms with van der Waals surface area (Å²) in [5.74, 6) is 1.73. The van der Waals surface area contributed by atoms with Crippen LogP contribution in [0.5, 0.6) is 0 Å². The molecule has 0 atom stereocenters. The van der Waals surface area contributed by atoms with Crippen LogP contribution in [0.4, 0.5) is 0 Å². The van der Waals surface area contributed by atoms with Gasteiger partial charge in [0.2, 0.25) is 0 Å². The van der Waals surface area contributed by atoms with Crippen molar-refractivity contribution in [3.8, 4) is 44.5 Å². The van der Waals surface area contributed by atoms with E-state index in [1.165, 1.54) is 178 Å². The van der Waals surface area contributed by atoms with Crippen LogP contribution in [0.2, 0.25) is 0 Å². The molecule has 2 saturated carbocycles. The topological polar surface area (TPSA) is 0 Å². The Morgan fingerprint density at radius 3 is 0.968 bits per heavy atom. The molecule has 4 heteroatoms. The monoisotopic (exact) mass is 946 g/mol. The summed E-state index contributed by atoms with van der Waals surface area (Å²) >= 11 is 1.36. The van der Waals surface area contributed by atoms with Gasteiger partial charge in [-0.25, -0.2) is 0 Å². The van der Waals surface area contributed by atoms with Crippen LogP contribution < -0.4 is 0 Å². The van der Waals surface area contributed by atoms with Gasteiger partial charge in [-0.3, -0.25) is 0 Å². The first-order chi connectivity index (χ1) is 28.8. The maximum atomic E-state index is 3.06. The SMILES string of the molecule is Cl.Cl.[CH3-].[CH3-].[Si]=[Zr].c1ccc(-c2ccc(-c3ccccc3)c3[cH-]c(CC4CCCCC4)cc23)cc1.c1ccc(-c2ccc(-c3ccccc3)c3[cH-]c(CC4CCCCC4)cc23)cc1. The molecule has 0 amide bonds.